The number of hydrogen-bond donors (Lipinski definition) is 0. The number of hydrogen-bond acceptors (Lipinski definition) is 1. The maximum atomic E-state index is 5.82. The SMILES string of the molecule is CCCc1cccc(OC2=CCCC=C2)c1. The van der Waals surface area contributed by atoms with E-state index >= 15 is 0 Å². The van der Waals surface area contributed by atoms with Crippen molar-refractivity contribution >= 4 is 0 Å². The summed E-state index contributed by atoms with van der Waals surface area (Å²) >= 11 is 0. The zero-order valence-electron chi connectivity index (χ0n) is 9.78. The van der Waals surface area contributed by atoms with Gasteiger partial charge in [0.25, 0.3) is 0 Å². The second-order valence-electron chi connectivity index (χ2n) is 4.09. The maximum absolute atomic E-state index is 5.82. The van der Waals surface area contributed by atoms with E-state index in [1.54, 1.807) is 0 Å². The van der Waals surface area contributed by atoms with Crippen LogP contribution in [0, 0.1) is 0 Å². The van der Waals surface area contributed by atoms with Gasteiger partial charge >= 0.3 is 0 Å². The van der Waals surface area contributed by atoms with Crippen LogP contribution in [-0.2, 0) is 6.42 Å². The second-order valence-corrected chi connectivity index (χ2v) is 4.09. The summed E-state index contributed by atoms with van der Waals surface area (Å²) in [5, 5.41) is 0. The monoisotopic (exact) mass is 214 g/mol. The van der Waals surface area contributed by atoms with Crippen LogP contribution in [0.25, 0.3) is 0 Å². The zero-order valence-corrected chi connectivity index (χ0v) is 9.78. The highest BCUT2D eigenvalue weighted by Gasteiger charge is 2.01. The summed E-state index contributed by atoms with van der Waals surface area (Å²) in [5.74, 6) is 1.92. The molecule has 2 rings (SSSR count). The summed E-state index contributed by atoms with van der Waals surface area (Å²) in [6.07, 6.45) is 10.9. The molecule has 0 unspecified atom stereocenters. The highest BCUT2D eigenvalue weighted by atomic mass is 16.5. The highest BCUT2D eigenvalue weighted by molar-refractivity contribution is 5.32. The molecule has 0 atom stereocenters. The molecule has 1 aromatic rings. The first-order valence-corrected chi connectivity index (χ1v) is 6.02. The van der Waals surface area contributed by atoms with E-state index in [0.29, 0.717) is 0 Å². The van der Waals surface area contributed by atoms with Gasteiger partial charge in [-0.3, -0.25) is 0 Å². The topological polar surface area (TPSA) is 9.23 Å². The van der Waals surface area contributed by atoms with Gasteiger partial charge in [-0.05, 0) is 49.1 Å². The third kappa shape index (κ3) is 2.99. The van der Waals surface area contributed by atoms with Gasteiger partial charge in [0.05, 0.1) is 0 Å². The number of allylic oxidation sites excluding steroid dienone is 3. The predicted molar refractivity (Wildman–Crippen MR) is 67.5 cm³/mol. The molecule has 0 bridgehead atoms. The Bertz CT molecular complexity index is 402. The molecule has 0 aromatic heterocycles. The van der Waals surface area contributed by atoms with Crippen molar-refractivity contribution in [2.24, 2.45) is 0 Å². The third-order valence-corrected chi connectivity index (χ3v) is 2.63. The van der Waals surface area contributed by atoms with E-state index < -0.39 is 0 Å². The molecule has 1 aliphatic rings. The van der Waals surface area contributed by atoms with E-state index in [2.05, 4.69) is 43.4 Å². The molecular weight excluding hydrogens is 196 g/mol. The fourth-order valence-electron chi connectivity index (χ4n) is 1.85. The van der Waals surface area contributed by atoms with Crippen LogP contribution < -0.4 is 4.74 Å². The summed E-state index contributed by atoms with van der Waals surface area (Å²) in [6.45, 7) is 2.19. The van der Waals surface area contributed by atoms with E-state index in [-0.39, 0.29) is 0 Å². The summed E-state index contributed by atoms with van der Waals surface area (Å²) in [7, 11) is 0. The van der Waals surface area contributed by atoms with Crippen LogP contribution in [0.5, 0.6) is 5.75 Å². The summed E-state index contributed by atoms with van der Waals surface area (Å²) in [6, 6.07) is 8.37. The lowest BCUT2D eigenvalue weighted by molar-refractivity contribution is 0.438. The Hall–Kier alpha value is -1.50. The molecule has 0 saturated heterocycles. The van der Waals surface area contributed by atoms with Gasteiger partial charge in [-0.25, -0.2) is 0 Å². The second kappa shape index (κ2) is 5.55. The maximum Gasteiger partial charge on any atom is 0.127 e. The lowest BCUT2D eigenvalue weighted by Gasteiger charge is -2.10. The Labute approximate surface area is 97.4 Å². The molecule has 0 radical (unpaired) electrons. The van der Waals surface area contributed by atoms with Crippen molar-refractivity contribution in [3.05, 3.63) is 53.8 Å². The normalized spacial score (nSPS) is 14.7. The average Bonchev–Trinajstić information content (AvgIpc) is 2.31. The van der Waals surface area contributed by atoms with Crippen LogP contribution in [0.4, 0.5) is 0 Å². The summed E-state index contributed by atoms with van der Waals surface area (Å²) in [5.41, 5.74) is 1.35. The zero-order chi connectivity index (χ0) is 11.2. The fourth-order valence-corrected chi connectivity index (χ4v) is 1.85. The van der Waals surface area contributed by atoms with Crippen LogP contribution in [0.2, 0.25) is 0 Å². The number of ether oxygens (including phenoxy) is 1. The first-order valence-electron chi connectivity index (χ1n) is 6.02. The Morgan fingerprint density at radius 3 is 2.94 bits per heavy atom. The Balaban J connectivity index is 2.06. The van der Waals surface area contributed by atoms with E-state index in [1.807, 2.05) is 6.07 Å². The smallest absolute Gasteiger partial charge is 0.127 e. The van der Waals surface area contributed by atoms with E-state index in [4.69, 9.17) is 4.74 Å². The lowest BCUT2D eigenvalue weighted by atomic mass is 10.1. The minimum absolute atomic E-state index is 0.948. The summed E-state index contributed by atoms with van der Waals surface area (Å²) < 4.78 is 5.82. The van der Waals surface area contributed by atoms with Crippen molar-refractivity contribution in [3.8, 4) is 5.75 Å². The van der Waals surface area contributed by atoms with Crippen LogP contribution >= 0.6 is 0 Å². The molecule has 1 nitrogen and oxygen atoms in total. The Morgan fingerprint density at radius 2 is 2.19 bits per heavy atom. The van der Waals surface area contributed by atoms with Crippen molar-refractivity contribution in [1.82, 2.24) is 0 Å². The summed E-state index contributed by atoms with van der Waals surface area (Å²) in [4.78, 5) is 0. The molecule has 1 heteroatoms. The molecule has 0 heterocycles. The standard InChI is InChI=1S/C15H18O/c1-2-7-13-8-6-11-15(12-13)16-14-9-4-3-5-10-14/h4,6,8-12H,2-3,5,7H2,1H3. The Kier molecular flexibility index (Phi) is 3.81. The first kappa shape index (κ1) is 11.0. The molecule has 0 N–H and O–H groups in total. The number of aryl methyl sites for hydroxylation is 1. The van der Waals surface area contributed by atoms with Gasteiger partial charge in [0.15, 0.2) is 0 Å². The minimum Gasteiger partial charge on any atom is -0.458 e. The van der Waals surface area contributed by atoms with Gasteiger partial charge in [-0.15, -0.1) is 0 Å². The van der Waals surface area contributed by atoms with Gasteiger partial charge in [-0.2, -0.15) is 0 Å². The Morgan fingerprint density at radius 1 is 1.25 bits per heavy atom. The van der Waals surface area contributed by atoms with Gasteiger partial charge in [0.2, 0.25) is 0 Å². The largest absolute Gasteiger partial charge is 0.458 e. The van der Waals surface area contributed by atoms with Crippen molar-refractivity contribution in [2.75, 3.05) is 0 Å². The van der Waals surface area contributed by atoms with Crippen molar-refractivity contribution in [2.45, 2.75) is 32.6 Å². The molecule has 1 aliphatic carbocycles. The van der Waals surface area contributed by atoms with Gasteiger partial charge < -0.3 is 4.74 Å². The number of benzene rings is 1. The van der Waals surface area contributed by atoms with Crippen LogP contribution in [0.3, 0.4) is 0 Å². The molecular formula is C15H18O. The molecule has 16 heavy (non-hydrogen) atoms. The van der Waals surface area contributed by atoms with E-state index in [1.165, 1.54) is 12.0 Å². The molecule has 0 aliphatic heterocycles. The van der Waals surface area contributed by atoms with Crippen LogP contribution in [0.15, 0.2) is 48.3 Å². The average molecular weight is 214 g/mol. The van der Waals surface area contributed by atoms with E-state index in [9.17, 15) is 0 Å². The van der Waals surface area contributed by atoms with Crippen molar-refractivity contribution in [1.29, 1.82) is 0 Å². The molecule has 1 aromatic carbocycles. The van der Waals surface area contributed by atoms with Gasteiger partial charge in [0.1, 0.15) is 11.5 Å². The third-order valence-electron chi connectivity index (χ3n) is 2.63. The van der Waals surface area contributed by atoms with Crippen LogP contribution in [-0.4, -0.2) is 0 Å². The molecule has 84 valence electrons. The minimum atomic E-state index is 0.948. The quantitative estimate of drug-likeness (QED) is 0.728. The fraction of sp³-hybridized carbons (Fsp3) is 0.333. The van der Waals surface area contributed by atoms with Crippen molar-refractivity contribution < 1.29 is 4.74 Å². The van der Waals surface area contributed by atoms with Gasteiger partial charge in [-0.1, -0.05) is 31.6 Å². The highest BCUT2D eigenvalue weighted by Crippen LogP contribution is 2.19. The van der Waals surface area contributed by atoms with Crippen molar-refractivity contribution in [3.63, 3.8) is 0 Å². The predicted octanol–water partition coefficient (Wildman–Crippen LogP) is 4.25. The molecule has 0 saturated carbocycles. The van der Waals surface area contributed by atoms with E-state index in [0.717, 1.165) is 30.8 Å². The lowest BCUT2D eigenvalue weighted by Crippen LogP contribution is -1.95. The van der Waals surface area contributed by atoms with Gasteiger partial charge in [0, 0.05) is 0 Å². The van der Waals surface area contributed by atoms with Crippen LogP contribution in [0.1, 0.15) is 31.7 Å². The molecule has 0 amide bonds. The molecule has 0 spiro atoms. The molecule has 0 fully saturated rings. The first-order chi connectivity index (χ1) is 7.88. The number of rotatable bonds is 4.